The molecule has 7 heteroatoms. The SMILES string of the molecule is CN=C(NCC1CCCN1Cc1ccccc1)N1CCC(C)C(n2ccnc2)C1.I. The van der Waals surface area contributed by atoms with Crippen LogP contribution in [0.1, 0.15) is 37.8 Å². The van der Waals surface area contributed by atoms with Crippen LogP contribution in [0.4, 0.5) is 0 Å². The lowest BCUT2D eigenvalue weighted by molar-refractivity contribution is 0.186. The Kier molecular flexibility index (Phi) is 8.56. The average molecular weight is 522 g/mol. The molecule has 1 aromatic carbocycles. The van der Waals surface area contributed by atoms with E-state index in [9.17, 15) is 0 Å². The van der Waals surface area contributed by atoms with Crippen LogP contribution in [-0.4, -0.2) is 64.6 Å². The van der Waals surface area contributed by atoms with Crippen molar-refractivity contribution in [1.82, 2.24) is 24.7 Å². The number of rotatable bonds is 5. The van der Waals surface area contributed by atoms with Crippen molar-refractivity contribution in [3.05, 3.63) is 54.6 Å². The molecule has 164 valence electrons. The molecule has 1 aromatic heterocycles. The van der Waals surface area contributed by atoms with Gasteiger partial charge in [0.25, 0.3) is 0 Å². The van der Waals surface area contributed by atoms with Gasteiger partial charge in [-0.05, 0) is 37.3 Å². The molecule has 3 unspecified atom stereocenters. The van der Waals surface area contributed by atoms with Crippen LogP contribution in [0.15, 0.2) is 54.0 Å². The predicted octanol–water partition coefficient (Wildman–Crippen LogP) is 3.62. The first-order valence-corrected chi connectivity index (χ1v) is 11.0. The lowest BCUT2D eigenvalue weighted by Gasteiger charge is -2.39. The fraction of sp³-hybridized carbons (Fsp3) is 0.565. The predicted molar refractivity (Wildman–Crippen MR) is 133 cm³/mol. The zero-order chi connectivity index (χ0) is 20.1. The fourth-order valence-corrected chi connectivity index (χ4v) is 4.79. The van der Waals surface area contributed by atoms with Crippen molar-refractivity contribution in [1.29, 1.82) is 0 Å². The van der Waals surface area contributed by atoms with Gasteiger partial charge in [0, 0.05) is 51.7 Å². The Balaban J connectivity index is 0.00000256. The van der Waals surface area contributed by atoms with Crippen LogP contribution in [0.5, 0.6) is 0 Å². The second kappa shape index (κ2) is 11.1. The minimum atomic E-state index is 0. The fourth-order valence-electron chi connectivity index (χ4n) is 4.79. The number of nitrogens with zero attached hydrogens (tertiary/aromatic N) is 5. The molecule has 0 radical (unpaired) electrons. The molecule has 0 saturated carbocycles. The quantitative estimate of drug-likeness (QED) is 0.370. The molecule has 2 aliphatic rings. The molecule has 3 heterocycles. The van der Waals surface area contributed by atoms with Gasteiger partial charge in [-0.2, -0.15) is 0 Å². The Morgan fingerprint density at radius 3 is 2.77 bits per heavy atom. The molecule has 4 rings (SSSR count). The Morgan fingerprint density at radius 2 is 2.03 bits per heavy atom. The monoisotopic (exact) mass is 522 g/mol. The number of aromatic nitrogens is 2. The van der Waals surface area contributed by atoms with Gasteiger partial charge in [-0.1, -0.05) is 37.3 Å². The van der Waals surface area contributed by atoms with Crippen molar-refractivity contribution in [3.8, 4) is 0 Å². The highest BCUT2D eigenvalue weighted by atomic mass is 127. The maximum Gasteiger partial charge on any atom is 0.193 e. The minimum Gasteiger partial charge on any atom is -0.355 e. The molecule has 0 bridgehead atoms. The number of halogens is 1. The molecule has 6 nitrogen and oxygen atoms in total. The first-order chi connectivity index (χ1) is 14.2. The molecule has 1 N–H and O–H groups in total. The summed E-state index contributed by atoms with van der Waals surface area (Å²) < 4.78 is 2.25. The number of likely N-dealkylation sites (tertiary alicyclic amines) is 2. The zero-order valence-electron chi connectivity index (χ0n) is 18.2. The summed E-state index contributed by atoms with van der Waals surface area (Å²) in [6, 6.07) is 11.8. The number of benzene rings is 1. The molecule has 3 atom stereocenters. The number of guanidine groups is 1. The summed E-state index contributed by atoms with van der Waals surface area (Å²) in [5.74, 6) is 1.68. The third-order valence-electron chi connectivity index (χ3n) is 6.56. The first-order valence-electron chi connectivity index (χ1n) is 11.0. The van der Waals surface area contributed by atoms with Crippen LogP contribution in [0.2, 0.25) is 0 Å². The van der Waals surface area contributed by atoms with Crippen LogP contribution in [0.3, 0.4) is 0 Å². The van der Waals surface area contributed by atoms with Crippen molar-refractivity contribution in [2.45, 2.75) is 44.8 Å². The minimum absolute atomic E-state index is 0. The highest BCUT2D eigenvalue weighted by molar-refractivity contribution is 14.0. The molecule has 0 spiro atoms. The summed E-state index contributed by atoms with van der Waals surface area (Å²) in [5, 5.41) is 3.69. The van der Waals surface area contributed by atoms with Gasteiger partial charge in [0.05, 0.1) is 12.4 Å². The van der Waals surface area contributed by atoms with Crippen molar-refractivity contribution >= 4 is 29.9 Å². The van der Waals surface area contributed by atoms with Crippen LogP contribution < -0.4 is 5.32 Å². The molecular weight excluding hydrogens is 487 g/mol. The summed E-state index contributed by atoms with van der Waals surface area (Å²) in [7, 11) is 1.91. The van der Waals surface area contributed by atoms with Gasteiger partial charge in [0.2, 0.25) is 0 Å². The number of hydrogen-bond acceptors (Lipinski definition) is 3. The van der Waals surface area contributed by atoms with E-state index in [2.05, 4.69) is 73.1 Å². The van der Waals surface area contributed by atoms with E-state index < -0.39 is 0 Å². The average Bonchev–Trinajstić information content (AvgIpc) is 3.43. The van der Waals surface area contributed by atoms with Crippen LogP contribution in [0.25, 0.3) is 0 Å². The number of nitrogens with one attached hydrogen (secondary N) is 1. The van der Waals surface area contributed by atoms with E-state index in [1.54, 1.807) is 0 Å². The van der Waals surface area contributed by atoms with Crippen LogP contribution >= 0.6 is 24.0 Å². The van der Waals surface area contributed by atoms with E-state index in [-0.39, 0.29) is 24.0 Å². The second-order valence-corrected chi connectivity index (χ2v) is 8.47. The van der Waals surface area contributed by atoms with E-state index in [4.69, 9.17) is 0 Å². The van der Waals surface area contributed by atoms with Crippen molar-refractivity contribution in [2.75, 3.05) is 33.2 Å². The van der Waals surface area contributed by atoms with E-state index >= 15 is 0 Å². The largest absolute Gasteiger partial charge is 0.355 e. The molecular formula is C23H35IN6. The molecule has 0 aliphatic carbocycles. The maximum absolute atomic E-state index is 4.61. The Bertz CT molecular complexity index is 778. The number of imidazole rings is 1. The Labute approximate surface area is 197 Å². The molecule has 30 heavy (non-hydrogen) atoms. The van der Waals surface area contributed by atoms with E-state index in [1.807, 2.05) is 19.6 Å². The topological polar surface area (TPSA) is 48.7 Å². The van der Waals surface area contributed by atoms with Crippen LogP contribution in [-0.2, 0) is 6.54 Å². The van der Waals surface area contributed by atoms with Gasteiger partial charge in [-0.3, -0.25) is 9.89 Å². The molecule has 2 fully saturated rings. The maximum atomic E-state index is 4.61. The smallest absolute Gasteiger partial charge is 0.193 e. The van der Waals surface area contributed by atoms with Crippen LogP contribution in [0, 0.1) is 5.92 Å². The van der Waals surface area contributed by atoms with Crippen molar-refractivity contribution < 1.29 is 0 Å². The lowest BCUT2D eigenvalue weighted by atomic mass is 9.93. The summed E-state index contributed by atoms with van der Waals surface area (Å²) in [6.07, 6.45) is 9.61. The number of piperidine rings is 1. The summed E-state index contributed by atoms with van der Waals surface area (Å²) >= 11 is 0. The van der Waals surface area contributed by atoms with E-state index in [0.717, 1.165) is 32.1 Å². The normalized spacial score (nSPS) is 25.2. The third kappa shape index (κ3) is 5.55. The Morgan fingerprint density at radius 1 is 1.20 bits per heavy atom. The van der Waals surface area contributed by atoms with Crippen molar-refractivity contribution in [2.24, 2.45) is 10.9 Å². The van der Waals surface area contributed by atoms with Gasteiger partial charge in [-0.15, -0.1) is 24.0 Å². The summed E-state index contributed by atoms with van der Waals surface area (Å²) in [6.45, 7) is 7.57. The molecule has 0 amide bonds. The third-order valence-corrected chi connectivity index (χ3v) is 6.56. The standard InChI is InChI=1S/C23H34N6.HI/c1-19-10-13-28(17-22(19)29-14-11-25-18-29)23(24-2)26-15-21-9-6-12-27(21)16-20-7-4-3-5-8-20;/h3-5,7-8,11,14,18-19,21-22H,6,9-10,12-13,15-17H2,1-2H3,(H,24,26);1H. The highest BCUT2D eigenvalue weighted by Crippen LogP contribution is 2.27. The van der Waals surface area contributed by atoms with Gasteiger partial charge >= 0.3 is 0 Å². The molecule has 2 aliphatic heterocycles. The van der Waals surface area contributed by atoms with E-state index in [0.29, 0.717) is 18.0 Å². The number of hydrogen-bond donors (Lipinski definition) is 1. The molecule has 2 aromatic rings. The second-order valence-electron chi connectivity index (χ2n) is 8.47. The van der Waals surface area contributed by atoms with Crippen molar-refractivity contribution in [3.63, 3.8) is 0 Å². The molecule has 2 saturated heterocycles. The number of aliphatic imine (C=N–C) groups is 1. The van der Waals surface area contributed by atoms with Gasteiger partial charge in [-0.25, -0.2) is 4.98 Å². The summed E-state index contributed by atoms with van der Waals surface area (Å²) in [4.78, 5) is 13.9. The van der Waals surface area contributed by atoms with E-state index in [1.165, 1.54) is 31.4 Å². The zero-order valence-corrected chi connectivity index (χ0v) is 20.5. The first kappa shape index (κ1) is 23.1. The lowest BCUT2D eigenvalue weighted by Crippen LogP contribution is -2.51. The Hall–Kier alpha value is -1.61. The highest BCUT2D eigenvalue weighted by Gasteiger charge is 2.30. The van der Waals surface area contributed by atoms with Gasteiger partial charge < -0.3 is 14.8 Å². The van der Waals surface area contributed by atoms with Gasteiger partial charge in [0.15, 0.2) is 5.96 Å². The summed E-state index contributed by atoms with van der Waals surface area (Å²) in [5.41, 5.74) is 1.40. The van der Waals surface area contributed by atoms with Gasteiger partial charge in [0.1, 0.15) is 0 Å².